The third kappa shape index (κ3) is 5.88. The van der Waals surface area contributed by atoms with E-state index in [0.717, 1.165) is 16.8 Å². The van der Waals surface area contributed by atoms with Crippen molar-refractivity contribution in [3.8, 4) is 0 Å². The van der Waals surface area contributed by atoms with E-state index < -0.39 is 16.6 Å². The number of nitro groups is 1. The number of anilines is 2. The fourth-order valence-corrected chi connectivity index (χ4v) is 4.58. The Labute approximate surface area is 221 Å². The average Bonchev–Trinajstić information content (AvgIpc) is 2.92. The monoisotopic (exact) mass is 514 g/mol. The first-order valence-corrected chi connectivity index (χ1v) is 12.4. The molecule has 0 unspecified atom stereocenters. The van der Waals surface area contributed by atoms with Crippen LogP contribution in [-0.2, 0) is 4.79 Å². The van der Waals surface area contributed by atoms with Crippen molar-refractivity contribution < 1.29 is 19.3 Å². The van der Waals surface area contributed by atoms with Crippen LogP contribution in [0.4, 0.5) is 17.1 Å². The fraction of sp³-hybridized carbons (Fsp3) is 0.276. The van der Waals surface area contributed by atoms with Crippen molar-refractivity contribution in [1.82, 2.24) is 4.90 Å². The number of carbonyl (C=O) groups excluding carboxylic acids is 3. The molecule has 9 nitrogen and oxygen atoms in total. The lowest BCUT2D eigenvalue weighted by Crippen LogP contribution is -2.38. The minimum absolute atomic E-state index is 0.0972. The third-order valence-corrected chi connectivity index (χ3v) is 6.87. The summed E-state index contributed by atoms with van der Waals surface area (Å²) in [5, 5.41) is 14.2. The molecule has 1 N–H and O–H groups in total. The summed E-state index contributed by atoms with van der Waals surface area (Å²) in [7, 11) is 3.64. The number of likely N-dealkylation sites (tertiary alicyclic amines) is 1. The van der Waals surface area contributed by atoms with Gasteiger partial charge in [-0.05, 0) is 55.5 Å². The summed E-state index contributed by atoms with van der Waals surface area (Å²) in [5.41, 5.74) is 3.57. The number of rotatable bonds is 7. The number of Topliss-reactive ketones (excluding diaryl/α,β-unsaturated/α-hetero) is 1. The van der Waals surface area contributed by atoms with Gasteiger partial charge >= 0.3 is 0 Å². The molecule has 0 radical (unpaired) electrons. The van der Waals surface area contributed by atoms with Gasteiger partial charge in [-0.1, -0.05) is 42.0 Å². The maximum atomic E-state index is 13.2. The molecular weight excluding hydrogens is 484 g/mol. The lowest BCUT2D eigenvalue weighted by Gasteiger charge is -2.32. The molecule has 1 aliphatic heterocycles. The summed E-state index contributed by atoms with van der Waals surface area (Å²) < 4.78 is 0. The summed E-state index contributed by atoms with van der Waals surface area (Å²) in [6, 6.07) is 18.8. The van der Waals surface area contributed by atoms with E-state index in [9.17, 15) is 24.5 Å². The zero-order valence-electron chi connectivity index (χ0n) is 21.6. The highest BCUT2D eigenvalue weighted by Crippen LogP contribution is 2.31. The van der Waals surface area contributed by atoms with E-state index in [1.54, 1.807) is 58.3 Å². The van der Waals surface area contributed by atoms with Crippen LogP contribution in [0.1, 0.15) is 50.6 Å². The van der Waals surface area contributed by atoms with Gasteiger partial charge in [0.2, 0.25) is 0 Å². The zero-order valence-corrected chi connectivity index (χ0v) is 21.6. The highest BCUT2D eigenvalue weighted by molar-refractivity contribution is 6.46. The van der Waals surface area contributed by atoms with Gasteiger partial charge in [-0.3, -0.25) is 24.5 Å². The van der Waals surface area contributed by atoms with Crippen molar-refractivity contribution in [1.29, 1.82) is 0 Å². The van der Waals surface area contributed by atoms with Crippen LogP contribution in [0.15, 0.2) is 66.7 Å². The van der Waals surface area contributed by atoms with Crippen molar-refractivity contribution >= 4 is 34.7 Å². The van der Waals surface area contributed by atoms with Gasteiger partial charge in [0.05, 0.1) is 4.92 Å². The van der Waals surface area contributed by atoms with Gasteiger partial charge in [0.1, 0.15) is 5.56 Å². The number of nitrogens with zero attached hydrogens (tertiary/aromatic N) is 3. The zero-order chi connectivity index (χ0) is 27.4. The second-order valence-corrected chi connectivity index (χ2v) is 9.69. The number of piperidine rings is 1. The number of nitro benzene ring substituents is 1. The van der Waals surface area contributed by atoms with Crippen LogP contribution in [0, 0.1) is 17.0 Å². The molecule has 0 aliphatic carbocycles. The Morgan fingerprint density at radius 2 is 1.58 bits per heavy atom. The van der Waals surface area contributed by atoms with Gasteiger partial charge in [-0.2, -0.15) is 0 Å². The van der Waals surface area contributed by atoms with Gasteiger partial charge in [0.15, 0.2) is 0 Å². The van der Waals surface area contributed by atoms with Crippen molar-refractivity contribution in [3.63, 3.8) is 0 Å². The average molecular weight is 515 g/mol. The third-order valence-electron chi connectivity index (χ3n) is 6.87. The number of hydrogen-bond donors (Lipinski definition) is 1. The molecule has 38 heavy (non-hydrogen) atoms. The van der Waals surface area contributed by atoms with Gasteiger partial charge < -0.3 is 15.1 Å². The number of aryl methyl sites for hydroxylation is 1. The van der Waals surface area contributed by atoms with E-state index >= 15 is 0 Å². The molecule has 0 aromatic heterocycles. The maximum Gasteiger partial charge on any atom is 0.296 e. The van der Waals surface area contributed by atoms with Crippen LogP contribution < -0.4 is 10.2 Å². The van der Waals surface area contributed by atoms with Crippen molar-refractivity contribution in [2.24, 2.45) is 0 Å². The van der Waals surface area contributed by atoms with Gasteiger partial charge in [-0.25, -0.2) is 0 Å². The minimum Gasteiger partial charge on any atom is -0.378 e. The van der Waals surface area contributed by atoms with Crippen molar-refractivity contribution in [2.75, 3.05) is 37.4 Å². The standard InChI is InChI=1S/C29H30N4O5/c1-19-4-6-22(7-5-19)27(34)28(35)30-23-10-8-20(9-11-23)21-14-16-32(17-15-21)29(36)25-18-24(31(2)3)12-13-26(25)33(37)38/h4-13,18,21H,14-17H2,1-3H3,(H,30,35). The second-order valence-electron chi connectivity index (χ2n) is 9.69. The molecule has 3 aromatic carbocycles. The molecule has 1 fully saturated rings. The van der Waals surface area contributed by atoms with Crippen LogP contribution in [0.3, 0.4) is 0 Å². The molecule has 2 amide bonds. The molecule has 4 rings (SSSR count). The maximum absolute atomic E-state index is 13.2. The Balaban J connectivity index is 1.37. The number of benzene rings is 3. The summed E-state index contributed by atoms with van der Waals surface area (Å²) in [6.07, 6.45) is 1.43. The molecule has 196 valence electrons. The van der Waals surface area contributed by atoms with E-state index in [4.69, 9.17) is 0 Å². The number of nitrogens with one attached hydrogen (secondary N) is 1. The quantitative estimate of drug-likeness (QED) is 0.210. The van der Waals surface area contributed by atoms with Crippen LogP contribution in [0.2, 0.25) is 0 Å². The molecule has 1 aliphatic rings. The van der Waals surface area contributed by atoms with Gasteiger partial charge in [0.25, 0.3) is 23.3 Å². The molecule has 1 saturated heterocycles. The number of amides is 2. The molecule has 0 saturated carbocycles. The Bertz CT molecular complexity index is 1360. The van der Waals surface area contributed by atoms with E-state index in [0.29, 0.717) is 37.2 Å². The SMILES string of the molecule is Cc1ccc(C(=O)C(=O)Nc2ccc(C3CCN(C(=O)c4cc(N(C)C)ccc4[N+](=O)[O-])CC3)cc2)cc1. The first-order valence-electron chi connectivity index (χ1n) is 12.4. The molecule has 0 bridgehead atoms. The minimum atomic E-state index is -0.694. The lowest BCUT2D eigenvalue weighted by atomic mass is 9.89. The molecular formula is C29H30N4O5. The predicted octanol–water partition coefficient (Wildman–Crippen LogP) is 4.81. The summed E-state index contributed by atoms with van der Waals surface area (Å²) >= 11 is 0. The van der Waals surface area contributed by atoms with Crippen LogP contribution in [-0.4, -0.2) is 54.6 Å². The van der Waals surface area contributed by atoms with Crippen LogP contribution in [0.5, 0.6) is 0 Å². The normalized spacial score (nSPS) is 13.6. The highest BCUT2D eigenvalue weighted by Gasteiger charge is 2.29. The first-order chi connectivity index (χ1) is 18.1. The first kappa shape index (κ1) is 26.5. The molecule has 1 heterocycles. The summed E-state index contributed by atoms with van der Waals surface area (Å²) in [4.78, 5) is 52.4. The van der Waals surface area contributed by atoms with E-state index in [1.807, 2.05) is 33.2 Å². The van der Waals surface area contributed by atoms with Crippen LogP contribution >= 0.6 is 0 Å². The number of ketones is 1. The fourth-order valence-electron chi connectivity index (χ4n) is 4.58. The van der Waals surface area contributed by atoms with Crippen molar-refractivity contribution in [3.05, 3.63) is 99.1 Å². The summed E-state index contributed by atoms with van der Waals surface area (Å²) in [6.45, 7) is 2.88. The van der Waals surface area contributed by atoms with E-state index in [2.05, 4.69) is 5.32 Å². The Kier molecular flexibility index (Phi) is 7.85. The van der Waals surface area contributed by atoms with Crippen molar-refractivity contribution in [2.45, 2.75) is 25.7 Å². The molecule has 0 atom stereocenters. The molecule has 3 aromatic rings. The van der Waals surface area contributed by atoms with E-state index in [1.165, 1.54) is 6.07 Å². The van der Waals surface area contributed by atoms with Gasteiger partial charge in [-0.15, -0.1) is 0 Å². The lowest BCUT2D eigenvalue weighted by molar-refractivity contribution is -0.385. The molecule has 0 spiro atoms. The largest absolute Gasteiger partial charge is 0.378 e. The Hall–Kier alpha value is -4.53. The highest BCUT2D eigenvalue weighted by atomic mass is 16.6. The van der Waals surface area contributed by atoms with Gasteiger partial charge in [0, 0.05) is 50.2 Å². The smallest absolute Gasteiger partial charge is 0.296 e. The Morgan fingerprint density at radius 3 is 2.16 bits per heavy atom. The molecule has 9 heteroatoms. The number of hydrogen-bond acceptors (Lipinski definition) is 6. The second kappa shape index (κ2) is 11.2. The van der Waals surface area contributed by atoms with E-state index in [-0.39, 0.29) is 23.1 Å². The summed E-state index contributed by atoms with van der Waals surface area (Å²) in [5.74, 6) is -1.42. The topological polar surface area (TPSA) is 113 Å². The predicted molar refractivity (Wildman–Crippen MR) is 146 cm³/mol. The Morgan fingerprint density at radius 1 is 0.947 bits per heavy atom. The number of carbonyl (C=O) groups is 3. The van der Waals surface area contributed by atoms with Crippen LogP contribution in [0.25, 0.3) is 0 Å².